The van der Waals surface area contributed by atoms with Gasteiger partial charge in [-0.15, -0.1) is 0 Å². The highest BCUT2D eigenvalue weighted by molar-refractivity contribution is 6.30. The summed E-state index contributed by atoms with van der Waals surface area (Å²) in [6.45, 7) is -0.154. The van der Waals surface area contributed by atoms with Crippen molar-refractivity contribution >= 4 is 34.8 Å². The van der Waals surface area contributed by atoms with Crippen molar-refractivity contribution in [3.05, 3.63) is 123 Å². The van der Waals surface area contributed by atoms with Gasteiger partial charge in [0.15, 0.2) is 0 Å². The molecule has 1 saturated carbocycles. The first-order valence-corrected chi connectivity index (χ1v) is 12.7. The zero-order valence-electron chi connectivity index (χ0n) is 20.2. The van der Waals surface area contributed by atoms with E-state index in [9.17, 15) is 19.7 Å². The molecular formula is C29H23ClN4O4. The molecule has 0 N–H and O–H groups in total. The van der Waals surface area contributed by atoms with E-state index in [1.54, 1.807) is 21.9 Å². The predicted octanol–water partition coefficient (Wildman–Crippen LogP) is 5.78. The Morgan fingerprint density at radius 2 is 1.71 bits per heavy atom. The Morgan fingerprint density at radius 1 is 0.947 bits per heavy atom. The number of rotatable bonds is 6. The molecule has 1 atom stereocenters. The topological polar surface area (TPSA) is 88.7 Å². The van der Waals surface area contributed by atoms with Crippen LogP contribution in [0.25, 0.3) is 5.69 Å². The molecule has 1 aliphatic heterocycles. The van der Waals surface area contributed by atoms with Crippen LogP contribution >= 0.6 is 11.6 Å². The van der Waals surface area contributed by atoms with Crippen LogP contribution in [0.5, 0.6) is 0 Å². The predicted molar refractivity (Wildman–Crippen MR) is 144 cm³/mol. The molecule has 4 aromatic rings. The molecule has 8 nitrogen and oxygen atoms in total. The number of non-ortho nitro benzene ring substituents is 1. The minimum atomic E-state index is -0.529. The third-order valence-corrected chi connectivity index (χ3v) is 7.25. The summed E-state index contributed by atoms with van der Waals surface area (Å²) in [6, 6.07) is 24.1. The number of nitrogens with zero attached hydrogens (tertiary/aromatic N) is 4. The molecule has 9 heteroatoms. The van der Waals surface area contributed by atoms with Crippen molar-refractivity contribution in [2.45, 2.75) is 24.9 Å². The number of anilines is 1. The molecule has 0 unspecified atom stereocenters. The van der Waals surface area contributed by atoms with E-state index < -0.39 is 16.9 Å². The molecule has 1 aromatic heterocycles. The van der Waals surface area contributed by atoms with Crippen LogP contribution in [0.1, 0.15) is 40.5 Å². The van der Waals surface area contributed by atoms with Crippen LogP contribution in [0.4, 0.5) is 11.4 Å². The van der Waals surface area contributed by atoms with E-state index in [0.717, 1.165) is 35.5 Å². The first-order chi connectivity index (χ1) is 18.4. The van der Waals surface area contributed by atoms with Crippen molar-refractivity contribution in [3.8, 4) is 5.69 Å². The lowest BCUT2D eigenvalue weighted by atomic mass is 9.97. The van der Waals surface area contributed by atoms with E-state index in [1.807, 2.05) is 60.8 Å². The second-order valence-corrected chi connectivity index (χ2v) is 9.92. The summed E-state index contributed by atoms with van der Waals surface area (Å²) >= 11 is 6.36. The van der Waals surface area contributed by atoms with E-state index in [-0.39, 0.29) is 29.7 Å². The first kappa shape index (κ1) is 23.9. The van der Waals surface area contributed by atoms with E-state index in [0.29, 0.717) is 5.02 Å². The van der Waals surface area contributed by atoms with Crippen LogP contribution in [0.15, 0.2) is 91.1 Å². The Morgan fingerprint density at radius 3 is 2.45 bits per heavy atom. The van der Waals surface area contributed by atoms with Crippen LogP contribution in [0.2, 0.25) is 5.02 Å². The van der Waals surface area contributed by atoms with Crippen LogP contribution in [0, 0.1) is 10.1 Å². The van der Waals surface area contributed by atoms with Gasteiger partial charge < -0.3 is 9.47 Å². The van der Waals surface area contributed by atoms with Crippen molar-refractivity contribution in [2.24, 2.45) is 0 Å². The standard InChI is InChI=1S/C29H23ClN4O4/c30-21-8-3-6-19(16-21)28-26-12-5-15-31(26)24-10-1-2-11-25(24)33(28)27(35)18-32(22-13-14-22)29(36)20-7-4-9-23(17-20)34(37)38/h1-12,15-17,22,28H,13-14,18H2/t28-/m1/s1. The van der Waals surface area contributed by atoms with Crippen molar-refractivity contribution in [3.63, 3.8) is 0 Å². The molecule has 2 amide bonds. The summed E-state index contributed by atoms with van der Waals surface area (Å²) in [6.07, 6.45) is 3.53. The maximum absolute atomic E-state index is 14.2. The van der Waals surface area contributed by atoms with Gasteiger partial charge in [0, 0.05) is 35.0 Å². The highest BCUT2D eigenvalue weighted by Crippen LogP contribution is 2.43. The lowest BCUT2D eigenvalue weighted by molar-refractivity contribution is -0.384. The lowest BCUT2D eigenvalue weighted by Crippen LogP contribution is -2.47. The zero-order valence-corrected chi connectivity index (χ0v) is 21.0. The van der Waals surface area contributed by atoms with Crippen LogP contribution in [-0.2, 0) is 4.79 Å². The number of amides is 2. The van der Waals surface area contributed by atoms with E-state index in [1.165, 1.54) is 18.2 Å². The number of carbonyl (C=O) groups excluding carboxylic acids is 2. The smallest absolute Gasteiger partial charge is 0.270 e. The number of benzene rings is 3. The minimum Gasteiger partial charge on any atom is -0.326 e. The number of nitro groups is 1. The van der Waals surface area contributed by atoms with Gasteiger partial charge in [-0.25, -0.2) is 0 Å². The number of aromatic nitrogens is 1. The summed E-state index contributed by atoms with van der Waals surface area (Å²) in [4.78, 5) is 41.8. The molecule has 38 heavy (non-hydrogen) atoms. The van der Waals surface area contributed by atoms with Crippen molar-refractivity contribution in [2.75, 3.05) is 11.4 Å². The Kier molecular flexibility index (Phi) is 5.96. The lowest BCUT2D eigenvalue weighted by Gasteiger charge is -2.39. The second kappa shape index (κ2) is 9.46. The number of carbonyl (C=O) groups is 2. The van der Waals surface area contributed by atoms with Crippen LogP contribution in [-0.4, -0.2) is 38.8 Å². The monoisotopic (exact) mass is 526 g/mol. The Bertz CT molecular complexity index is 1580. The number of fused-ring (bicyclic) bond motifs is 3. The normalized spacial score (nSPS) is 15.9. The van der Waals surface area contributed by atoms with Gasteiger partial charge in [0.2, 0.25) is 5.91 Å². The fourth-order valence-corrected chi connectivity index (χ4v) is 5.35. The molecule has 0 saturated heterocycles. The number of hydrogen-bond donors (Lipinski definition) is 0. The molecule has 1 aliphatic carbocycles. The summed E-state index contributed by atoms with van der Waals surface area (Å²) < 4.78 is 2.07. The maximum Gasteiger partial charge on any atom is 0.270 e. The second-order valence-electron chi connectivity index (χ2n) is 9.48. The molecule has 190 valence electrons. The summed E-state index contributed by atoms with van der Waals surface area (Å²) in [5.41, 5.74) is 3.38. The van der Waals surface area contributed by atoms with Gasteiger partial charge in [-0.2, -0.15) is 0 Å². The van der Waals surface area contributed by atoms with Gasteiger partial charge in [0.25, 0.3) is 11.6 Å². The fraction of sp³-hybridized carbons (Fsp3) is 0.172. The molecular weight excluding hydrogens is 504 g/mol. The molecule has 6 rings (SSSR count). The van der Waals surface area contributed by atoms with Crippen molar-refractivity contribution in [1.82, 2.24) is 9.47 Å². The van der Waals surface area contributed by atoms with E-state index in [2.05, 4.69) is 4.57 Å². The first-order valence-electron chi connectivity index (χ1n) is 12.3. The number of hydrogen-bond acceptors (Lipinski definition) is 4. The van der Waals surface area contributed by atoms with Gasteiger partial charge in [-0.05, 0) is 60.9 Å². The average molecular weight is 527 g/mol. The molecule has 0 radical (unpaired) electrons. The molecule has 0 bridgehead atoms. The van der Waals surface area contributed by atoms with Crippen molar-refractivity contribution in [1.29, 1.82) is 0 Å². The molecule has 1 fully saturated rings. The quantitative estimate of drug-likeness (QED) is 0.235. The highest BCUT2D eigenvalue weighted by atomic mass is 35.5. The van der Waals surface area contributed by atoms with Gasteiger partial charge in [-0.1, -0.05) is 41.9 Å². The third-order valence-electron chi connectivity index (χ3n) is 7.01. The van der Waals surface area contributed by atoms with E-state index >= 15 is 0 Å². The highest BCUT2D eigenvalue weighted by Gasteiger charge is 2.40. The maximum atomic E-state index is 14.2. The molecule has 3 aromatic carbocycles. The summed E-state index contributed by atoms with van der Waals surface area (Å²) in [5.74, 6) is -0.641. The van der Waals surface area contributed by atoms with Crippen LogP contribution in [0.3, 0.4) is 0 Å². The molecule has 0 spiro atoms. The zero-order chi connectivity index (χ0) is 26.4. The molecule has 2 heterocycles. The van der Waals surface area contributed by atoms with Gasteiger partial charge in [-0.3, -0.25) is 24.6 Å². The van der Waals surface area contributed by atoms with Crippen LogP contribution < -0.4 is 4.90 Å². The van der Waals surface area contributed by atoms with E-state index in [4.69, 9.17) is 11.6 Å². The summed E-state index contributed by atoms with van der Waals surface area (Å²) in [7, 11) is 0. The van der Waals surface area contributed by atoms with Gasteiger partial charge in [0.05, 0.1) is 22.0 Å². The molecule has 2 aliphatic rings. The Balaban J connectivity index is 1.40. The number of halogens is 1. The minimum absolute atomic E-state index is 0.0840. The summed E-state index contributed by atoms with van der Waals surface area (Å²) in [5, 5.41) is 11.8. The Labute approximate surface area is 223 Å². The number of nitro benzene ring substituents is 1. The third kappa shape index (κ3) is 4.22. The largest absolute Gasteiger partial charge is 0.326 e. The SMILES string of the molecule is O=C(c1cccc([N+](=O)[O-])c1)N(CC(=O)N1c2ccccc2-n2cccc2[C@H]1c1cccc(Cl)c1)C1CC1. The van der Waals surface area contributed by atoms with Gasteiger partial charge >= 0.3 is 0 Å². The van der Waals surface area contributed by atoms with Gasteiger partial charge in [0.1, 0.15) is 12.6 Å². The fourth-order valence-electron chi connectivity index (χ4n) is 5.15. The number of para-hydroxylation sites is 2. The van der Waals surface area contributed by atoms with Crippen molar-refractivity contribution < 1.29 is 14.5 Å². The average Bonchev–Trinajstić information content (AvgIpc) is 3.65. The Hall–Kier alpha value is -4.43.